The maximum Gasteiger partial charge on any atom is 0.330 e. The summed E-state index contributed by atoms with van der Waals surface area (Å²) in [7, 11) is 1.17. The summed E-state index contributed by atoms with van der Waals surface area (Å²) in [4.78, 5) is 46.7. The second-order valence-electron chi connectivity index (χ2n) is 3.54. The summed E-state index contributed by atoms with van der Waals surface area (Å²) in [5.74, 6) is -1.11. The van der Waals surface area contributed by atoms with Crippen LogP contribution >= 0.6 is 0 Å². The first kappa shape index (κ1) is 13.7. The fourth-order valence-electron chi connectivity index (χ4n) is 1.35. The van der Waals surface area contributed by atoms with Gasteiger partial charge in [-0.25, -0.2) is 9.59 Å². The number of aromatic amines is 1. The number of amides is 1. The first-order valence-electron chi connectivity index (χ1n) is 5.08. The highest BCUT2D eigenvalue weighted by Crippen LogP contribution is 1.92. The number of hydrogen-bond acceptors (Lipinski definition) is 5. The van der Waals surface area contributed by atoms with Crippen LogP contribution in [0.5, 0.6) is 0 Å². The average molecular weight is 255 g/mol. The highest BCUT2D eigenvalue weighted by molar-refractivity contribution is 5.83. The van der Waals surface area contributed by atoms with Crippen LogP contribution in [0, 0.1) is 0 Å². The number of hydrogen-bond donors (Lipinski definition) is 2. The van der Waals surface area contributed by atoms with Gasteiger partial charge in [0.1, 0.15) is 6.04 Å². The van der Waals surface area contributed by atoms with Crippen molar-refractivity contribution < 1.29 is 14.3 Å². The fourth-order valence-corrected chi connectivity index (χ4v) is 1.35. The van der Waals surface area contributed by atoms with E-state index in [9.17, 15) is 19.2 Å². The highest BCUT2D eigenvalue weighted by Gasteiger charge is 2.21. The van der Waals surface area contributed by atoms with Gasteiger partial charge in [-0.3, -0.25) is 19.1 Å². The van der Waals surface area contributed by atoms with Crippen LogP contribution in [0.2, 0.25) is 0 Å². The first-order chi connectivity index (χ1) is 8.43. The Hall–Kier alpha value is -2.38. The normalized spacial score (nSPS) is 11.7. The molecule has 0 aliphatic carbocycles. The fraction of sp³-hybridized carbons (Fsp3) is 0.400. The van der Waals surface area contributed by atoms with Crippen LogP contribution in [-0.4, -0.2) is 34.6 Å². The zero-order chi connectivity index (χ0) is 13.7. The number of nitrogens with one attached hydrogen (secondary N) is 2. The molecule has 8 nitrogen and oxygen atoms in total. The molecule has 0 saturated heterocycles. The van der Waals surface area contributed by atoms with Gasteiger partial charge in [0.2, 0.25) is 5.91 Å². The molecule has 1 unspecified atom stereocenters. The molecule has 1 rings (SSSR count). The molecule has 1 amide bonds. The molecule has 0 saturated carbocycles. The van der Waals surface area contributed by atoms with E-state index < -0.39 is 29.2 Å². The topological polar surface area (TPSA) is 110 Å². The van der Waals surface area contributed by atoms with Crippen LogP contribution in [0.1, 0.15) is 6.92 Å². The van der Waals surface area contributed by atoms with E-state index in [1.807, 2.05) is 4.98 Å². The third-order valence-corrected chi connectivity index (χ3v) is 2.14. The second-order valence-corrected chi connectivity index (χ2v) is 3.54. The van der Waals surface area contributed by atoms with Gasteiger partial charge in [-0.2, -0.15) is 0 Å². The summed E-state index contributed by atoms with van der Waals surface area (Å²) in [6, 6.07) is 0.153. The van der Waals surface area contributed by atoms with Gasteiger partial charge in [-0.1, -0.05) is 0 Å². The highest BCUT2D eigenvalue weighted by atomic mass is 16.5. The minimum absolute atomic E-state index is 0.123. The Morgan fingerprint density at radius 1 is 1.50 bits per heavy atom. The maximum absolute atomic E-state index is 11.4. The Morgan fingerprint density at radius 3 is 2.67 bits per heavy atom. The third kappa shape index (κ3) is 3.58. The van der Waals surface area contributed by atoms with E-state index in [1.54, 1.807) is 0 Å². The van der Waals surface area contributed by atoms with E-state index in [1.165, 1.54) is 20.2 Å². The second kappa shape index (κ2) is 5.80. The van der Waals surface area contributed by atoms with Crippen LogP contribution in [0.15, 0.2) is 21.9 Å². The van der Waals surface area contributed by atoms with Crippen LogP contribution in [-0.2, 0) is 20.9 Å². The summed E-state index contributed by atoms with van der Waals surface area (Å²) in [6.07, 6.45) is 1.24. The molecule has 1 atom stereocenters. The van der Waals surface area contributed by atoms with Crippen molar-refractivity contribution in [2.24, 2.45) is 0 Å². The van der Waals surface area contributed by atoms with Crippen LogP contribution in [0.4, 0.5) is 0 Å². The SMILES string of the molecule is COC(=O)C(Cn1ccc(=O)[nH]c1=O)NC(C)=O. The Bertz CT molecular complexity index is 559. The van der Waals surface area contributed by atoms with Gasteiger partial charge < -0.3 is 10.1 Å². The van der Waals surface area contributed by atoms with Crippen molar-refractivity contribution in [1.29, 1.82) is 0 Å². The van der Waals surface area contributed by atoms with Crippen LogP contribution < -0.4 is 16.6 Å². The lowest BCUT2D eigenvalue weighted by Gasteiger charge is -2.16. The molecule has 0 aliphatic rings. The van der Waals surface area contributed by atoms with Gasteiger partial charge in [0.15, 0.2) is 0 Å². The molecule has 18 heavy (non-hydrogen) atoms. The molecule has 1 aromatic rings. The molecule has 0 aromatic carbocycles. The standard InChI is InChI=1S/C10H13N3O5/c1-6(14)11-7(9(16)18-2)5-13-4-3-8(15)12-10(13)17/h3-4,7H,5H2,1-2H3,(H,11,14)(H,12,15,17). The molecule has 0 fully saturated rings. The van der Waals surface area contributed by atoms with Crippen molar-refractivity contribution in [3.63, 3.8) is 0 Å². The predicted molar refractivity (Wildman–Crippen MR) is 60.9 cm³/mol. The average Bonchev–Trinajstić information content (AvgIpc) is 2.30. The van der Waals surface area contributed by atoms with Gasteiger partial charge in [0.05, 0.1) is 13.7 Å². The molecule has 0 aliphatic heterocycles. The lowest BCUT2D eigenvalue weighted by molar-refractivity contribution is -0.145. The van der Waals surface area contributed by atoms with E-state index in [-0.39, 0.29) is 6.54 Å². The number of methoxy groups -OCH3 is 1. The number of aromatic nitrogens is 2. The third-order valence-electron chi connectivity index (χ3n) is 2.14. The smallest absolute Gasteiger partial charge is 0.330 e. The summed E-state index contributed by atoms with van der Waals surface area (Å²) in [5, 5.41) is 2.36. The summed E-state index contributed by atoms with van der Waals surface area (Å²) in [5.41, 5.74) is -1.20. The molecule has 0 spiro atoms. The summed E-state index contributed by atoms with van der Waals surface area (Å²) < 4.78 is 5.60. The molecule has 1 aromatic heterocycles. The van der Waals surface area contributed by atoms with Crippen LogP contribution in [0.25, 0.3) is 0 Å². The van der Waals surface area contributed by atoms with E-state index >= 15 is 0 Å². The monoisotopic (exact) mass is 255 g/mol. The zero-order valence-corrected chi connectivity index (χ0v) is 9.93. The molecular weight excluding hydrogens is 242 g/mol. The van der Waals surface area contributed by atoms with Gasteiger partial charge in [-0.15, -0.1) is 0 Å². The van der Waals surface area contributed by atoms with Gasteiger partial charge in [0, 0.05) is 19.2 Å². The molecule has 0 bridgehead atoms. The Morgan fingerprint density at radius 2 is 2.17 bits per heavy atom. The van der Waals surface area contributed by atoms with Crippen LogP contribution in [0.3, 0.4) is 0 Å². The Kier molecular flexibility index (Phi) is 4.41. The first-order valence-corrected chi connectivity index (χ1v) is 5.08. The maximum atomic E-state index is 11.4. The molecule has 98 valence electrons. The van der Waals surface area contributed by atoms with Crippen molar-refractivity contribution in [2.45, 2.75) is 19.5 Å². The van der Waals surface area contributed by atoms with E-state index in [4.69, 9.17) is 0 Å². The number of carbonyl (C=O) groups excluding carboxylic acids is 2. The molecule has 0 radical (unpaired) electrons. The number of esters is 1. The van der Waals surface area contributed by atoms with Crippen molar-refractivity contribution in [2.75, 3.05) is 7.11 Å². The van der Waals surface area contributed by atoms with E-state index in [0.29, 0.717) is 0 Å². The minimum atomic E-state index is -0.990. The number of nitrogens with zero attached hydrogens (tertiary/aromatic N) is 1. The number of rotatable bonds is 4. The van der Waals surface area contributed by atoms with Gasteiger partial charge >= 0.3 is 11.7 Å². The van der Waals surface area contributed by atoms with Gasteiger partial charge in [-0.05, 0) is 0 Å². The molecule has 1 heterocycles. The zero-order valence-electron chi connectivity index (χ0n) is 9.93. The number of ether oxygens (including phenoxy) is 1. The summed E-state index contributed by atoms with van der Waals surface area (Å²) in [6.45, 7) is 1.12. The minimum Gasteiger partial charge on any atom is -0.467 e. The molecular formula is C10H13N3O5. The predicted octanol–water partition coefficient (Wildman–Crippen LogP) is -1.79. The lowest BCUT2D eigenvalue weighted by Crippen LogP contribution is -2.45. The summed E-state index contributed by atoms with van der Waals surface area (Å²) >= 11 is 0. The Labute approximate surface area is 102 Å². The Balaban J connectivity index is 2.95. The molecule has 2 N–H and O–H groups in total. The van der Waals surface area contributed by atoms with Gasteiger partial charge in [0.25, 0.3) is 5.56 Å². The number of H-pyrrole nitrogens is 1. The lowest BCUT2D eigenvalue weighted by atomic mass is 10.3. The van der Waals surface area contributed by atoms with Crippen molar-refractivity contribution in [3.05, 3.63) is 33.1 Å². The van der Waals surface area contributed by atoms with Crippen molar-refractivity contribution in [1.82, 2.24) is 14.9 Å². The van der Waals surface area contributed by atoms with Crippen molar-refractivity contribution >= 4 is 11.9 Å². The van der Waals surface area contributed by atoms with Crippen molar-refractivity contribution in [3.8, 4) is 0 Å². The molecule has 8 heteroatoms. The number of carbonyl (C=O) groups is 2. The van der Waals surface area contributed by atoms with E-state index in [0.717, 1.165) is 10.6 Å². The quantitative estimate of drug-likeness (QED) is 0.618. The van der Waals surface area contributed by atoms with E-state index in [2.05, 4.69) is 10.1 Å². The largest absolute Gasteiger partial charge is 0.467 e.